The second kappa shape index (κ2) is 8.17. The van der Waals surface area contributed by atoms with Crippen molar-refractivity contribution in [3.05, 3.63) is 35.9 Å². The van der Waals surface area contributed by atoms with Gasteiger partial charge in [-0.15, -0.1) is 0 Å². The number of nitrogens with zero attached hydrogens (tertiary/aromatic N) is 2. The molecule has 3 rings (SSSR count). The van der Waals surface area contributed by atoms with Gasteiger partial charge < -0.3 is 19.8 Å². The average Bonchev–Trinajstić information content (AvgIpc) is 3.07. The van der Waals surface area contributed by atoms with Crippen molar-refractivity contribution in [3.63, 3.8) is 0 Å². The smallest absolute Gasteiger partial charge is 0.410 e. The molecule has 0 bridgehead atoms. The second-order valence-corrected chi connectivity index (χ2v) is 7.24. The zero-order valence-electron chi connectivity index (χ0n) is 14.6. The number of aliphatic hydroxyl groups excluding tert-OH is 1. The van der Waals surface area contributed by atoms with Gasteiger partial charge in [0.05, 0.1) is 18.8 Å². The van der Waals surface area contributed by atoms with E-state index in [1.165, 1.54) is 0 Å². The molecule has 6 nitrogen and oxygen atoms in total. The summed E-state index contributed by atoms with van der Waals surface area (Å²) in [5.41, 5.74) is 0.0212. The van der Waals surface area contributed by atoms with Gasteiger partial charge in [-0.05, 0) is 37.8 Å². The van der Waals surface area contributed by atoms with Crippen molar-refractivity contribution in [2.75, 3.05) is 32.8 Å². The van der Waals surface area contributed by atoms with Crippen LogP contribution in [0.3, 0.4) is 0 Å². The van der Waals surface area contributed by atoms with Crippen molar-refractivity contribution in [1.29, 1.82) is 0 Å². The van der Waals surface area contributed by atoms with Gasteiger partial charge in [-0.25, -0.2) is 4.79 Å². The summed E-state index contributed by atoms with van der Waals surface area (Å²) in [7, 11) is 0. The molecule has 138 valence electrons. The third kappa shape index (κ3) is 4.71. The molecule has 0 saturated carbocycles. The first-order valence-electron chi connectivity index (χ1n) is 9.12. The largest absolute Gasteiger partial charge is 0.445 e. The zero-order chi connectivity index (χ0) is 17.7. The normalized spacial score (nSPS) is 27.4. The molecule has 2 aliphatic heterocycles. The number of carbonyl (C=O) groups is 1. The Hall–Kier alpha value is -1.63. The monoisotopic (exact) mass is 348 g/mol. The van der Waals surface area contributed by atoms with E-state index >= 15 is 0 Å². The number of piperidine rings is 1. The number of aliphatic hydroxyl groups is 2. The van der Waals surface area contributed by atoms with Crippen LogP contribution in [-0.2, 0) is 11.3 Å². The summed E-state index contributed by atoms with van der Waals surface area (Å²) in [5.74, 6) is 0. The minimum absolute atomic E-state index is 0.124. The minimum atomic E-state index is -0.929. The summed E-state index contributed by atoms with van der Waals surface area (Å²) >= 11 is 0. The van der Waals surface area contributed by atoms with Gasteiger partial charge >= 0.3 is 6.09 Å². The average molecular weight is 348 g/mol. The molecule has 2 N–H and O–H groups in total. The number of ether oxygens (including phenoxy) is 1. The van der Waals surface area contributed by atoms with Gasteiger partial charge in [-0.3, -0.25) is 4.90 Å². The Kier molecular flexibility index (Phi) is 5.93. The van der Waals surface area contributed by atoms with Crippen molar-refractivity contribution >= 4 is 6.09 Å². The summed E-state index contributed by atoms with van der Waals surface area (Å²) in [6, 6.07) is 9.72. The lowest BCUT2D eigenvalue weighted by molar-refractivity contribution is -0.0560. The van der Waals surface area contributed by atoms with Crippen LogP contribution in [0.1, 0.15) is 31.2 Å². The fourth-order valence-electron chi connectivity index (χ4n) is 3.90. The highest BCUT2D eigenvalue weighted by atomic mass is 16.6. The molecule has 25 heavy (non-hydrogen) atoms. The molecule has 0 spiro atoms. The highest BCUT2D eigenvalue weighted by Crippen LogP contribution is 2.27. The number of hydrogen-bond donors (Lipinski definition) is 2. The first-order chi connectivity index (χ1) is 12.1. The van der Waals surface area contributed by atoms with Crippen molar-refractivity contribution in [2.45, 2.75) is 43.9 Å². The SMILES string of the molecule is O=C(OCc1ccccc1)N1CCCC(O)(CN2CCCC2CO)C1. The van der Waals surface area contributed by atoms with Crippen LogP contribution in [0.25, 0.3) is 0 Å². The predicted octanol–water partition coefficient (Wildman–Crippen LogP) is 1.61. The van der Waals surface area contributed by atoms with Crippen LogP contribution in [0.5, 0.6) is 0 Å². The zero-order valence-corrected chi connectivity index (χ0v) is 14.6. The van der Waals surface area contributed by atoms with Crippen LogP contribution < -0.4 is 0 Å². The minimum Gasteiger partial charge on any atom is -0.445 e. The molecule has 2 unspecified atom stereocenters. The number of benzene rings is 1. The van der Waals surface area contributed by atoms with Gasteiger partial charge in [-0.1, -0.05) is 30.3 Å². The van der Waals surface area contributed by atoms with Crippen LogP contribution in [0.15, 0.2) is 30.3 Å². The quantitative estimate of drug-likeness (QED) is 0.846. The van der Waals surface area contributed by atoms with E-state index < -0.39 is 5.60 Å². The van der Waals surface area contributed by atoms with E-state index in [9.17, 15) is 15.0 Å². The van der Waals surface area contributed by atoms with E-state index in [0.717, 1.165) is 31.4 Å². The van der Waals surface area contributed by atoms with Crippen molar-refractivity contribution in [1.82, 2.24) is 9.80 Å². The molecular formula is C19H28N2O4. The van der Waals surface area contributed by atoms with Gasteiger partial charge in [0, 0.05) is 19.1 Å². The fraction of sp³-hybridized carbons (Fsp3) is 0.632. The van der Waals surface area contributed by atoms with Gasteiger partial charge in [-0.2, -0.15) is 0 Å². The molecule has 1 aromatic rings. The van der Waals surface area contributed by atoms with Crippen molar-refractivity contribution < 1.29 is 19.7 Å². The Bertz CT molecular complexity index is 568. The highest BCUT2D eigenvalue weighted by Gasteiger charge is 2.39. The lowest BCUT2D eigenvalue weighted by Gasteiger charge is -2.41. The van der Waals surface area contributed by atoms with Crippen molar-refractivity contribution in [3.8, 4) is 0 Å². The summed E-state index contributed by atoms with van der Waals surface area (Å²) in [4.78, 5) is 16.1. The summed E-state index contributed by atoms with van der Waals surface area (Å²) in [6.07, 6.45) is 3.07. The van der Waals surface area contributed by atoms with Crippen LogP contribution in [0, 0.1) is 0 Å². The number of amides is 1. The third-order valence-electron chi connectivity index (χ3n) is 5.23. The topological polar surface area (TPSA) is 73.2 Å². The number of carbonyl (C=O) groups excluding carboxylic acids is 1. The van der Waals surface area contributed by atoms with Gasteiger partial charge in [0.2, 0.25) is 0 Å². The summed E-state index contributed by atoms with van der Waals surface area (Å²) in [6.45, 7) is 2.66. The van der Waals surface area contributed by atoms with E-state index in [-0.39, 0.29) is 31.9 Å². The Morgan fingerprint density at radius 1 is 1.24 bits per heavy atom. The lowest BCUT2D eigenvalue weighted by Crippen LogP contribution is -2.56. The molecular weight excluding hydrogens is 320 g/mol. The van der Waals surface area contributed by atoms with Crippen LogP contribution in [-0.4, -0.2) is 70.5 Å². The second-order valence-electron chi connectivity index (χ2n) is 7.24. The fourth-order valence-corrected chi connectivity index (χ4v) is 3.90. The van der Waals surface area contributed by atoms with E-state index in [1.807, 2.05) is 30.3 Å². The Morgan fingerprint density at radius 3 is 2.80 bits per heavy atom. The number of hydrogen-bond acceptors (Lipinski definition) is 5. The van der Waals surface area contributed by atoms with E-state index in [0.29, 0.717) is 19.5 Å². The molecule has 2 saturated heterocycles. The molecule has 0 aromatic heterocycles. The molecule has 2 fully saturated rings. The van der Waals surface area contributed by atoms with E-state index in [2.05, 4.69) is 4.90 Å². The summed E-state index contributed by atoms with van der Waals surface area (Å²) in [5, 5.41) is 20.4. The van der Waals surface area contributed by atoms with Gasteiger partial charge in [0.25, 0.3) is 0 Å². The molecule has 2 aliphatic rings. The standard InChI is InChI=1S/C19H28N2O4/c22-12-17-8-4-10-20(17)14-19(24)9-5-11-21(15-19)18(23)25-13-16-6-2-1-3-7-16/h1-3,6-7,17,22,24H,4-5,8-15H2. The molecule has 0 radical (unpaired) electrons. The predicted molar refractivity (Wildman–Crippen MR) is 94.1 cm³/mol. The van der Waals surface area contributed by atoms with Crippen molar-refractivity contribution in [2.24, 2.45) is 0 Å². The Labute approximate surface area is 149 Å². The van der Waals surface area contributed by atoms with Crippen LogP contribution in [0.4, 0.5) is 4.79 Å². The van der Waals surface area contributed by atoms with E-state index in [1.54, 1.807) is 4.90 Å². The Morgan fingerprint density at radius 2 is 2.04 bits per heavy atom. The summed E-state index contributed by atoms with van der Waals surface area (Å²) < 4.78 is 5.40. The first kappa shape index (κ1) is 18.2. The van der Waals surface area contributed by atoms with Gasteiger partial charge in [0.1, 0.15) is 6.61 Å². The first-order valence-corrected chi connectivity index (χ1v) is 9.12. The number of likely N-dealkylation sites (tertiary alicyclic amines) is 2. The van der Waals surface area contributed by atoms with Crippen LogP contribution >= 0.6 is 0 Å². The molecule has 6 heteroatoms. The number of β-amino-alcohol motifs (C(OH)–C–C–N with tert-alkyl or cyclic N) is 1. The molecule has 2 atom stereocenters. The molecule has 1 aromatic carbocycles. The molecule has 2 heterocycles. The highest BCUT2D eigenvalue weighted by molar-refractivity contribution is 5.68. The van der Waals surface area contributed by atoms with Gasteiger partial charge in [0.15, 0.2) is 0 Å². The maximum absolute atomic E-state index is 12.4. The Balaban J connectivity index is 1.53. The third-order valence-corrected chi connectivity index (χ3v) is 5.23. The van der Waals surface area contributed by atoms with Crippen LogP contribution in [0.2, 0.25) is 0 Å². The molecule has 0 aliphatic carbocycles. The lowest BCUT2D eigenvalue weighted by atomic mass is 9.92. The maximum atomic E-state index is 12.4. The van der Waals surface area contributed by atoms with E-state index in [4.69, 9.17) is 4.74 Å². The number of rotatable bonds is 5. The maximum Gasteiger partial charge on any atom is 0.410 e. The molecule has 1 amide bonds.